The van der Waals surface area contributed by atoms with Gasteiger partial charge in [0.2, 0.25) is 10.0 Å². The van der Waals surface area contributed by atoms with Gasteiger partial charge in [-0.15, -0.1) is 12.4 Å². The van der Waals surface area contributed by atoms with Crippen LogP contribution in [0.25, 0.3) is 0 Å². The maximum absolute atomic E-state index is 12.6. The van der Waals surface area contributed by atoms with Gasteiger partial charge in [-0.2, -0.15) is 4.31 Å². The van der Waals surface area contributed by atoms with Gasteiger partial charge in [0.25, 0.3) is 0 Å². The number of hydrogen-bond acceptors (Lipinski definition) is 3. The summed E-state index contributed by atoms with van der Waals surface area (Å²) >= 11 is 5.87. The molecule has 1 aromatic rings. The number of aryl methyl sites for hydroxylation is 1. The minimum absolute atomic E-state index is 0. The first kappa shape index (κ1) is 17.7. The first-order chi connectivity index (χ1) is 8.78. The molecule has 1 aliphatic rings. The highest BCUT2D eigenvalue weighted by Crippen LogP contribution is 2.33. The molecular formula is C13H20Cl2N2O2S. The number of sulfonamides is 1. The maximum atomic E-state index is 12.6. The van der Waals surface area contributed by atoms with Crippen LogP contribution in [0.2, 0.25) is 5.02 Å². The fraction of sp³-hybridized carbons (Fsp3) is 0.538. The molecule has 2 N–H and O–H groups in total. The summed E-state index contributed by atoms with van der Waals surface area (Å²) in [5, 5.41) is 0.546. The van der Waals surface area contributed by atoms with E-state index in [9.17, 15) is 8.42 Å². The number of hydrogen-bond donors (Lipinski definition) is 1. The Morgan fingerprint density at radius 1 is 1.45 bits per heavy atom. The van der Waals surface area contributed by atoms with Crippen molar-refractivity contribution in [1.29, 1.82) is 0 Å². The van der Waals surface area contributed by atoms with Gasteiger partial charge in [0, 0.05) is 18.1 Å². The Hall–Kier alpha value is -0.330. The fourth-order valence-corrected chi connectivity index (χ4v) is 4.42. The van der Waals surface area contributed by atoms with Gasteiger partial charge in [-0.1, -0.05) is 18.5 Å². The average molecular weight is 339 g/mol. The van der Waals surface area contributed by atoms with E-state index in [4.69, 9.17) is 17.3 Å². The SMILES string of the molecule is Cc1cc(Cl)ccc1S(=O)(=O)N1CCC(C)(CN)C1.Cl. The summed E-state index contributed by atoms with van der Waals surface area (Å²) in [6.45, 7) is 5.29. The van der Waals surface area contributed by atoms with Crippen molar-refractivity contribution in [3.63, 3.8) is 0 Å². The molecule has 1 heterocycles. The summed E-state index contributed by atoms with van der Waals surface area (Å²) in [6, 6.07) is 4.86. The molecule has 1 saturated heterocycles. The molecule has 0 bridgehead atoms. The predicted octanol–water partition coefficient (Wildman–Crippen LogP) is 2.43. The second-order valence-electron chi connectivity index (χ2n) is 5.51. The van der Waals surface area contributed by atoms with Gasteiger partial charge in [0.05, 0.1) is 4.90 Å². The molecule has 0 radical (unpaired) electrons. The predicted molar refractivity (Wildman–Crippen MR) is 84.0 cm³/mol. The van der Waals surface area contributed by atoms with Crippen LogP contribution in [0.4, 0.5) is 0 Å². The van der Waals surface area contributed by atoms with Crippen LogP contribution in [0.3, 0.4) is 0 Å². The lowest BCUT2D eigenvalue weighted by atomic mass is 9.90. The molecule has 0 amide bonds. The van der Waals surface area contributed by atoms with E-state index >= 15 is 0 Å². The first-order valence-electron chi connectivity index (χ1n) is 6.25. The van der Waals surface area contributed by atoms with Gasteiger partial charge in [-0.3, -0.25) is 0 Å². The highest BCUT2D eigenvalue weighted by atomic mass is 35.5. The number of halogens is 2. The van der Waals surface area contributed by atoms with Crippen molar-refractivity contribution >= 4 is 34.0 Å². The summed E-state index contributed by atoms with van der Waals surface area (Å²) in [4.78, 5) is 0.332. The molecule has 20 heavy (non-hydrogen) atoms. The number of nitrogens with two attached hydrogens (primary N) is 1. The lowest BCUT2D eigenvalue weighted by Gasteiger charge is -2.23. The Morgan fingerprint density at radius 2 is 2.10 bits per heavy atom. The second-order valence-corrected chi connectivity index (χ2v) is 7.86. The lowest BCUT2D eigenvalue weighted by molar-refractivity contribution is 0.349. The van der Waals surface area contributed by atoms with Gasteiger partial charge >= 0.3 is 0 Å². The molecule has 0 saturated carbocycles. The molecule has 0 spiro atoms. The molecule has 7 heteroatoms. The maximum Gasteiger partial charge on any atom is 0.243 e. The highest BCUT2D eigenvalue weighted by molar-refractivity contribution is 7.89. The van der Waals surface area contributed by atoms with Crippen LogP contribution in [0.5, 0.6) is 0 Å². The molecule has 1 atom stereocenters. The van der Waals surface area contributed by atoms with Crippen molar-refractivity contribution < 1.29 is 8.42 Å². The van der Waals surface area contributed by atoms with E-state index in [1.54, 1.807) is 25.1 Å². The molecule has 114 valence electrons. The molecule has 2 rings (SSSR count). The zero-order valence-corrected chi connectivity index (χ0v) is 14.0. The molecule has 0 aromatic heterocycles. The zero-order valence-electron chi connectivity index (χ0n) is 11.6. The summed E-state index contributed by atoms with van der Waals surface area (Å²) in [5.41, 5.74) is 6.28. The Kier molecular flexibility index (Phi) is 5.49. The van der Waals surface area contributed by atoms with E-state index in [1.165, 1.54) is 4.31 Å². The average Bonchev–Trinajstić information content (AvgIpc) is 2.73. The van der Waals surface area contributed by atoms with Crippen molar-refractivity contribution in [2.75, 3.05) is 19.6 Å². The van der Waals surface area contributed by atoms with Gasteiger partial charge in [-0.05, 0) is 49.1 Å². The standard InChI is InChI=1S/C13H19ClN2O2S.ClH/c1-10-7-11(14)3-4-12(10)19(17,18)16-6-5-13(2,8-15)9-16;/h3-4,7H,5-6,8-9,15H2,1-2H3;1H. The van der Waals surface area contributed by atoms with E-state index in [0.29, 0.717) is 35.1 Å². The number of benzene rings is 1. The van der Waals surface area contributed by atoms with Crippen LogP contribution in [0.1, 0.15) is 18.9 Å². The topological polar surface area (TPSA) is 63.4 Å². The molecule has 1 unspecified atom stereocenters. The zero-order chi connectivity index (χ0) is 14.3. The van der Waals surface area contributed by atoms with Gasteiger partial charge < -0.3 is 5.73 Å². The summed E-state index contributed by atoms with van der Waals surface area (Å²) in [6.07, 6.45) is 0.801. The van der Waals surface area contributed by atoms with Crippen molar-refractivity contribution in [1.82, 2.24) is 4.31 Å². The Morgan fingerprint density at radius 3 is 2.60 bits per heavy atom. The Bertz CT molecular complexity index is 592. The third-order valence-electron chi connectivity index (χ3n) is 3.77. The van der Waals surface area contributed by atoms with E-state index in [1.807, 2.05) is 6.92 Å². The van der Waals surface area contributed by atoms with Gasteiger partial charge in [0.1, 0.15) is 0 Å². The van der Waals surface area contributed by atoms with E-state index in [0.717, 1.165) is 6.42 Å². The van der Waals surface area contributed by atoms with E-state index in [-0.39, 0.29) is 17.8 Å². The highest BCUT2D eigenvalue weighted by Gasteiger charge is 2.39. The molecule has 0 aliphatic carbocycles. The lowest BCUT2D eigenvalue weighted by Crippen LogP contribution is -2.34. The summed E-state index contributed by atoms with van der Waals surface area (Å²) in [7, 11) is -3.45. The van der Waals surface area contributed by atoms with Crippen molar-refractivity contribution in [2.45, 2.75) is 25.2 Å². The number of rotatable bonds is 3. The second kappa shape index (κ2) is 6.20. The minimum atomic E-state index is -3.45. The molecule has 1 aromatic carbocycles. The van der Waals surface area contributed by atoms with Gasteiger partial charge in [-0.25, -0.2) is 8.42 Å². The quantitative estimate of drug-likeness (QED) is 0.920. The number of nitrogens with zero attached hydrogens (tertiary/aromatic N) is 1. The van der Waals surface area contributed by atoms with E-state index < -0.39 is 10.0 Å². The van der Waals surface area contributed by atoms with Crippen LogP contribution >= 0.6 is 24.0 Å². The first-order valence-corrected chi connectivity index (χ1v) is 8.07. The molecule has 4 nitrogen and oxygen atoms in total. The van der Waals surface area contributed by atoms with Crippen LogP contribution in [0.15, 0.2) is 23.1 Å². The monoisotopic (exact) mass is 338 g/mol. The van der Waals surface area contributed by atoms with Crippen molar-refractivity contribution in [2.24, 2.45) is 11.1 Å². The Labute approximate surface area is 131 Å². The van der Waals surface area contributed by atoms with Crippen molar-refractivity contribution in [3.8, 4) is 0 Å². The summed E-state index contributed by atoms with van der Waals surface area (Å²) in [5.74, 6) is 0. The van der Waals surface area contributed by atoms with Crippen LogP contribution in [-0.4, -0.2) is 32.4 Å². The third-order valence-corrected chi connectivity index (χ3v) is 6.01. The third kappa shape index (κ3) is 3.28. The van der Waals surface area contributed by atoms with Crippen LogP contribution in [0, 0.1) is 12.3 Å². The van der Waals surface area contributed by atoms with Gasteiger partial charge in [0.15, 0.2) is 0 Å². The smallest absolute Gasteiger partial charge is 0.243 e. The molecular weight excluding hydrogens is 319 g/mol. The normalized spacial score (nSPS) is 23.6. The van der Waals surface area contributed by atoms with Crippen LogP contribution < -0.4 is 5.73 Å². The largest absolute Gasteiger partial charge is 0.330 e. The summed E-state index contributed by atoms with van der Waals surface area (Å²) < 4.78 is 26.7. The minimum Gasteiger partial charge on any atom is -0.330 e. The van der Waals surface area contributed by atoms with Crippen molar-refractivity contribution in [3.05, 3.63) is 28.8 Å². The van der Waals surface area contributed by atoms with Crippen LogP contribution in [-0.2, 0) is 10.0 Å². The van der Waals surface area contributed by atoms with E-state index in [2.05, 4.69) is 0 Å². The fourth-order valence-electron chi connectivity index (χ4n) is 2.39. The molecule has 1 aliphatic heterocycles. The molecule has 1 fully saturated rings. The Balaban J connectivity index is 0.00000200.